The average molecular weight is 365 g/mol. The number of anilines is 2. The van der Waals surface area contributed by atoms with Gasteiger partial charge < -0.3 is 10.6 Å². The molecular weight excluding hydrogens is 347 g/mol. The van der Waals surface area contributed by atoms with Crippen LogP contribution in [0, 0.1) is 6.92 Å². The largest absolute Gasteiger partial charge is 0.343 e. The fourth-order valence-electron chi connectivity index (χ4n) is 1.51. The van der Waals surface area contributed by atoms with Gasteiger partial charge in [0.1, 0.15) is 0 Å². The number of urea groups is 2. The van der Waals surface area contributed by atoms with Crippen molar-refractivity contribution in [3.05, 3.63) is 23.8 Å². The van der Waals surface area contributed by atoms with Crippen LogP contribution in [0.3, 0.4) is 0 Å². The summed E-state index contributed by atoms with van der Waals surface area (Å²) in [7, 11) is 0. The van der Waals surface area contributed by atoms with Gasteiger partial charge in [-0.1, -0.05) is 6.07 Å². The predicted molar refractivity (Wildman–Crippen MR) is 88.8 cm³/mol. The van der Waals surface area contributed by atoms with E-state index in [0.29, 0.717) is 16.9 Å². The first-order chi connectivity index (χ1) is 11.1. The molecule has 23 heavy (non-hydrogen) atoms. The molecule has 0 aliphatic carbocycles. The Bertz CT molecular complexity index is 488. The molecule has 0 heterocycles. The highest BCUT2D eigenvalue weighted by molar-refractivity contribution is 6.18. The van der Waals surface area contributed by atoms with Gasteiger partial charge in [0.05, 0.1) is 13.2 Å². The number of nitrogens with one attached hydrogen (secondary N) is 4. The van der Waals surface area contributed by atoms with Gasteiger partial charge in [-0.2, -0.15) is 0 Å². The molecule has 0 saturated carbocycles. The number of hydroxylamine groups is 2. The number of hydrogen-bond acceptors (Lipinski definition) is 4. The Morgan fingerprint density at radius 1 is 0.957 bits per heavy atom. The standard InChI is InChI=1S/C13H18Cl2N4O4/c1-9-10(16-12(20)18-22-7-5-14)3-2-4-11(9)17-13(21)19-23-8-6-15/h2-4H,5-8H2,1H3,(H2,16,18,20)(H2,17,19,21). The van der Waals surface area contributed by atoms with Crippen molar-refractivity contribution in [1.29, 1.82) is 0 Å². The summed E-state index contributed by atoms with van der Waals surface area (Å²) >= 11 is 10.8. The molecule has 4 amide bonds. The number of carbonyl (C=O) groups excluding carboxylic acids is 2. The minimum absolute atomic E-state index is 0.192. The van der Waals surface area contributed by atoms with Gasteiger partial charge in [-0.15, -0.1) is 23.2 Å². The van der Waals surface area contributed by atoms with Crippen LogP contribution in [-0.4, -0.2) is 37.0 Å². The molecule has 0 aliphatic rings. The first kappa shape index (κ1) is 19.3. The first-order valence-electron chi connectivity index (χ1n) is 6.67. The van der Waals surface area contributed by atoms with Crippen LogP contribution in [-0.2, 0) is 9.68 Å². The lowest BCUT2D eigenvalue weighted by Crippen LogP contribution is -2.31. The molecule has 0 spiro atoms. The summed E-state index contributed by atoms with van der Waals surface area (Å²) in [6.07, 6.45) is 0. The quantitative estimate of drug-likeness (QED) is 0.323. The summed E-state index contributed by atoms with van der Waals surface area (Å²) in [5, 5.41) is 5.19. The maximum Gasteiger partial charge on any atom is 0.343 e. The Labute approximate surface area is 143 Å². The van der Waals surface area contributed by atoms with Gasteiger partial charge in [0.2, 0.25) is 0 Å². The van der Waals surface area contributed by atoms with E-state index in [1.807, 2.05) is 0 Å². The minimum atomic E-state index is -0.551. The second-order valence-electron chi connectivity index (χ2n) is 4.17. The minimum Gasteiger partial charge on any atom is -0.306 e. The van der Waals surface area contributed by atoms with Gasteiger partial charge in [-0.25, -0.2) is 20.5 Å². The van der Waals surface area contributed by atoms with Gasteiger partial charge >= 0.3 is 12.1 Å². The van der Waals surface area contributed by atoms with Gasteiger partial charge in [0.15, 0.2) is 0 Å². The average Bonchev–Trinajstić information content (AvgIpc) is 2.52. The molecule has 1 aromatic rings. The number of rotatable bonds is 8. The molecule has 0 aromatic heterocycles. The molecule has 0 radical (unpaired) electrons. The van der Waals surface area contributed by atoms with Gasteiger partial charge in [0, 0.05) is 23.1 Å². The van der Waals surface area contributed by atoms with E-state index in [4.69, 9.17) is 32.9 Å². The van der Waals surface area contributed by atoms with Crippen molar-refractivity contribution < 1.29 is 19.3 Å². The van der Waals surface area contributed by atoms with E-state index in [1.54, 1.807) is 25.1 Å². The molecule has 0 atom stereocenters. The van der Waals surface area contributed by atoms with E-state index in [0.717, 1.165) is 0 Å². The molecular formula is C13H18Cl2N4O4. The highest BCUT2D eigenvalue weighted by Crippen LogP contribution is 2.23. The van der Waals surface area contributed by atoms with Crippen molar-refractivity contribution in [2.75, 3.05) is 35.6 Å². The Balaban J connectivity index is 2.59. The topological polar surface area (TPSA) is 101 Å². The van der Waals surface area contributed by atoms with Crippen LogP contribution in [0.2, 0.25) is 0 Å². The second-order valence-corrected chi connectivity index (χ2v) is 4.92. The van der Waals surface area contributed by atoms with Crippen LogP contribution in [0.4, 0.5) is 21.0 Å². The summed E-state index contributed by atoms with van der Waals surface area (Å²) in [4.78, 5) is 32.9. The van der Waals surface area contributed by atoms with Crippen LogP contribution < -0.4 is 21.6 Å². The summed E-state index contributed by atoms with van der Waals surface area (Å²) in [6.45, 7) is 2.13. The van der Waals surface area contributed by atoms with Crippen LogP contribution in [0.25, 0.3) is 0 Å². The Hall–Kier alpha value is -1.74. The van der Waals surface area contributed by atoms with Crippen molar-refractivity contribution in [3.63, 3.8) is 0 Å². The van der Waals surface area contributed by atoms with Gasteiger partial charge in [-0.3, -0.25) is 9.68 Å². The summed E-state index contributed by atoms with van der Waals surface area (Å²) < 4.78 is 0. The van der Waals surface area contributed by atoms with Crippen molar-refractivity contribution in [2.45, 2.75) is 6.92 Å². The maximum absolute atomic E-state index is 11.6. The van der Waals surface area contributed by atoms with Gasteiger partial charge in [0.25, 0.3) is 0 Å². The molecule has 128 valence electrons. The Morgan fingerprint density at radius 2 is 1.39 bits per heavy atom. The molecule has 4 N–H and O–H groups in total. The Kier molecular flexibility index (Phi) is 9.15. The summed E-state index contributed by atoms with van der Waals surface area (Å²) in [5.74, 6) is 0.527. The third-order valence-corrected chi connectivity index (χ3v) is 2.83. The van der Waals surface area contributed by atoms with E-state index in [2.05, 4.69) is 21.6 Å². The number of alkyl halides is 2. The third kappa shape index (κ3) is 7.38. The molecule has 0 unspecified atom stereocenters. The molecule has 1 rings (SSSR count). The number of halogens is 2. The van der Waals surface area contributed by atoms with Crippen LogP contribution in [0.15, 0.2) is 18.2 Å². The zero-order valence-electron chi connectivity index (χ0n) is 12.4. The number of amides is 4. The molecule has 8 nitrogen and oxygen atoms in total. The number of hydrogen-bond donors (Lipinski definition) is 4. The summed E-state index contributed by atoms with van der Waals surface area (Å²) in [6, 6.07) is 3.94. The van der Waals surface area contributed by atoms with E-state index >= 15 is 0 Å². The fraction of sp³-hybridized carbons (Fsp3) is 0.385. The lowest BCUT2D eigenvalue weighted by molar-refractivity contribution is 0.0772. The first-order valence-corrected chi connectivity index (χ1v) is 7.74. The molecule has 10 heteroatoms. The van der Waals surface area contributed by atoms with Crippen molar-refractivity contribution in [3.8, 4) is 0 Å². The van der Waals surface area contributed by atoms with E-state index < -0.39 is 12.1 Å². The van der Waals surface area contributed by atoms with Crippen molar-refractivity contribution in [1.82, 2.24) is 11.0 Å². The second kappa shape index (κ2) is 10.9. The monoisotopic (exact) mass is 364 g/mol. The van der Waals surface area contributed by atoms with Crippen LogP contribution >= 0.6 is 23.2 Å². The van der Waals surface area contributed by atoms with Crippen molar-refractivity contribution >= 4 is 46.6 Å². The molecule has 0 fully saturated rings. The van der Waals surface area contributed by atoms with E-state index in [9.17, 15) is 9.59 Å². The van der Waals surface area contributed by atoms with E-state index in [1.165, 1.54) is 0 Å². The van der Waals surface area contributed by atoms with Crippen molar-refractivity contribution in [2.24, 2.45) is 0 Å². The zero-order chi connectivity index (χ0) is 17.1. The van der Waals surface area contributed by atoms with Gasteiger partial charge in [-0.05, 0) is 24.6 Å². The van der Waals surface area contributed by atoms with Crippen LogP contribution in [0.5, 0.6) is 0 Å². The lowest BCUT2D eigenvalue weighted by Gasteiger charge is -2.14. The number of carbonyl (C=O) groups is 2. The molecule has 0 aliphatic heterocycles. The van der Waals surface area contributed by atoms with E-state index in [-0.39, 0.29) is 25.0 Å². The fourth-order valence-corrected chi connectivity index (χ4v) is 1.67. The highest BCUT2D eigenvalue weighted by Gasteiger charge is 2.10. The lowest BCUT2D eigenvalue weighted by atomic mass is 10.1. The SMILES string of the molecule is Cc1c(NC(=O)NOCCCl)cccc1NC(=O)NOCCCl. The number of benzene rings is 1. The smallest absolute Gasteiger partial charge is 0.306 e. The third-order valence-electron chi connectivity index (χ3n) is 2.52. The molecule has 0 bridgehead atoms. The van der Waals surface area contributed by atoms with Crippen LogP contribution in [0.1, 0.15) is 5.56 Å². The molecule has 0 saturated heterocycles. The molecule has 1 aromatic carbocycles. The highest BCUT2D eigenvalue weighted by atomic mass is 35.5. The summed E-state index contributed by atoms with van der Waals surface area (Å²) in [5.41, 5.74) is 6.06. The maximum atomic E-state index is 11.6. The normalized spacial score (nSPS) is 10.0. The Morgan fingerprint density at radius 3 is 1.78 bits per heavy atom. The predicted octanol–water partition coefficient (Wildman–Crippen LogP) is 2.58. The zero-order valence-corrected chi connectivity index (χ0v) is 14.0.